The summed E-state index contributed by atoms with van der Waals surface area (Å²) in [5, 5.41) is 2.98. The van der Waals surface area contributed by atoms with Gasteiger partial charge in [-0.2, -0.15) is 0 Å². The number of hydrogen-bond donors (Lipinski definition) is 2. The molecular weight excluding hydrogens is 303 g/mol. The molecule has 3 nitrogen and oxygen atoms in total. The maximum Gasteiger partial charge on any atom is 0.225 e. The van der Waals surface area contributed by atoms with E-state index in [4.69, 9.17) is 5.73 Å². The lowest BCUT2D eigenvalue weighted by Crippen LogP contribution is -2.53. The third kappa shape index (κ3) is 4.20. The first-order valence-electron chi connectivity index (χ1n) is 7.66. The fourth-order valence-electron chi connectivity index (χ4n) is 3.06. The molecule has 5 heteroatoms. The van der Waals surface area contributed by atoms with Crippen molar-refractivity contribution in [3.63, 3.8) is 0 Å². The normalized spacial score (nSPS) is 26.0. The monoisotopic (exact) mass is 328 g/mol. The van der Waals surface area contributed by atoms with Crippen molar-refractivity contribution in [3.05, 3.63) is 35.1 Å². The van der Waals surface area contributed by atoms with E-state index in [2.05, 4.69) is 5.32 Å². The highest BCUT2D eigenvalue weighted by atomic mass is 35.5. The SMILES string of the molecule is Cc1ccc(C(C)NC(=O)C2CCCCC2(C)N)cc1F.Cl. The molecule has 3 atom stereocenters. The highest BCUT2D eigenvalue weighted by molar-refractivity contribution is 5.85. The molecule has 0 bridgehead atoms. The molecule has 3 N–H and O–H groups in total. The number of carbonyl (C=O) groups is 1. The third-order valence-electron chi connectivity index (χ3n) is 4.63. The lowest BCUT2D eigenvalue weighted by molar-refractivity contribution is -0.128. The molecule has 2 rings (SSSR count). The number of aryl methyl sites for hydroxylation is 1. The molecule has 1 fully saturated rings. The second-order valence-electron chi connectivity index (χ2n) is 6.54. The van der Waals surface area contributed by atoms with Gasteiger partial charge in [0.2, 0.25) is 5.91 Å². The highest BCUT2D eigenvalue weighted by Crippen LogP contribution is 2.32. The first-order valence-corrected chi connectivity index (χ1v) is 7.66. The van der Waals surface area contributed by atoms with Gasteiger partial charge in [-0.1, -0.05) is 25.0 Å². The summed E-state index contributed by atoms with van der Waals surface area (Å²) >= 11 is 0. The van der Waals surface area contributed by atoms with Crippen LogP contribution in [0.3, 0.4) is 0 Å². The Bertz CT molecular complexity index is 533. The van der Waals surface area contributed by atoms with Crippen LogP contribution in [0.2, 0.25) is 0 Å². The van der Waals surface area contributed by atoms with Gasteiger partial charge >= 0.3 is 0 Å². The van der Waals surface area contributed by atoms with Crippen molar-refractivity contribution in [2.75, 3.05) is 0 Å². The highest BCUT2D eigenvalue weighted by Gasteiger charge is 2.38. The van der Waals surface area contributed by atoms with E-state index in [0.29, 0.717) is 5.56 Å². The summed E-state index contributed by atoms with van der Waals surface area (Å²) in [6.45, 7) is 5.55. The van der Waals surface area contributed by atoms with E-state index in [1.165, 1.54) is 6.07 Å². The van der Waals surface area contributed by atoms with E-state index in [1.54, 1.807) is 13.0 Å². The van der Waals surface area contributed by atoms with E-state index in [1.807, 2.05) is 19.9 Å². The number of nitrogens with one attached hydrogen (secondary N) is 1. The Kier molecular flexibility index (Phi) is 6.38. The molecule has 1 aliphatic rings. The van der Waals surface area contributed by atoms with Crippen molar-refractivity contribution in [3.8, 4) is 0 Å². The lowest BCUT2D eigenvalue weighted by Gasteiger charge is -2.37. The van der Waals surface area contributed by atoms with Crippen LogP contribution in [0.4, 0.5) is 4.39 Å². The summed E-state index contributed by atoms with van der Waals surface area (Å²) in [7, 11) is 0. The molecule has 1 aromatic rings. The smallest absolute Gasteiger partial charge is 0.225 e. The zero-order valence-electron chi connectivity index (χ0n) is 13.5. The largest absolute Gasteiger partial charge is 0.349 e. The number of hydrogen-bond acceptors (Lipinski definition) is 2. The van der Waals surface area contributed by atoms with Crippen LogP contribution in [0.15, 0.2) is 18.2 Å². The van der Waals surface area contributed by atoms with E-state index >= 15 is 0 Å². The van der Waals surface area contributed by atoms with Crippen LogP contribution in [0, 0.1) is 18.7 Å². The fourth-order valence-corrected chi connectivity index (χ4v) is 3.06. The molecule has 22 heavy (non-hydrogen) atoms. The summed E-state index contributed by atoms with van der Waals surface area (Å²) in [5.41, 5.74) is 7.21. The molecule has 1 aromatic carbocycles. The molecule has 0 radical (unpaired) electrons. The first-order chi connectivity index (χ1) is 9.81. The molecule has 1 amide bonds. The molecule has 1 aliphatic carbocycles. The maximum absolute atomic E-state index is 13.6. The number of amides is 1. The van der Waals surface area contributed by atoms with Crippen LogP contribution in [-0.4, -0.2) is 11.4 Å². The van der Waals surface area contributed by atoms with Gasteiger partial charge in [-0.25, -0.2) is 4.39 Å². The van der Waals surface area contributed by atoms with Gasteiger partial charge in [0.25, 0.3) is 0 Å². The Labute approximate surface area is 138 Å². The van der Waals surface area contributed by atoms with Gasteiger partial charge in [0, 0.05) is 5.54 Å². The molecular formula is C17H26ClFN2O. The Morgan fingerprint density at radius 2 is 2.14 bits per heavy atom. The Hall–Kier alpha value is -1.13. The van der Waals surface area contributed by atoms with E-state index in [9.17, 15) is 9.18 Å². The van der Waals surface area contributed by atoms with Crippen LogP contribution >= 0.6 is 12.4 Å². The van der Waals surface area contributed by atoms with Crippen molar-refractivity contribution in [1.29, 1.82) is 0 Å². The average Bonchev–Trinajstić information content (AvgIpc) is 2.41. The van der Waals surface area contributed by atoms with Crippen LogP contribution in [0.1, 0.15) is 56.7 Å². The minimum absolute atomic E-state index is 0. The second kappa shape index (κ2) is 7.42. The molecule has 0 aliphatic heterocycles. The molecule has 124 valence electrons. The van der Waals surface area contributed by atoms with Crippen LogP contribution in [0.25, 0.3) is 0 Å². The maximum atomic E-state index is 13.6. The molecule has 1 saturated carbocycles. The molecule has 0 saturated heterocycles. The number of rotatable bonds is 3. The Morgan fingerprint density at radius 3 is 2.73 bits per heavy atom. The van der Waals surface area contributed by atoms with Crippen molar-refractivity contribution in [1.82, 2.24) is 5.32 Å². The number of nitrogens with two attached hydrogens (primary N) is 1. The summed E-state index contributed by atoms with van der Waals surface area (Å²) in [6.07, 6.45) is 3.82. The van der Waals surface area contributed by atoms with E-state index in [-0.39, 0.29) is 36.1 Å². The average molecular weight is 329 g/mol. The standard InChI is InChI=1S/C17H25FN2O.ClH/c1-11-7-8-13(10-15(11)18)12(2)20-16(21)14-6-4-5-9-17(14,3)19;/h7-8,10,12,14H,4-6,9,19H2,1-3H3,(H,20,21);1H. The molecule has 0 heterocycles. The Balaban J connectivity index is 0.00000242. The minimum atomic E-state index is -0.444. The quantitative estimate of drug-likeness (QED) is 0.890. The lowest BCUT2D eigenvalue weighted by atomic mass is 9.74. The van der Waals surface area contributed by atoms with Crippen LogP contribution in [-0.2, 0) is 4.79 Å². The van der Waals surface area contributed by atoms with Crippen molar-refractivity contribution in [2.45, 2.75) is 58.0 Å². The van der Waals surface area contributed by atoms with Gasteiger partial charge in [0.1, 0.15) is 5.82 Å². The predicted molar refractivity (Wildman–Crippen MR) is 89.5 cm³/mol. The van der Waals surface area contributed by atoms with Gasteiger partial charge in [0.05, 0.1) is 12.0 Å². The van der Waals surface area contributed by atoms with E-state index in [0.717, 1.165) is 31.2 Å². The first kappa shape index (κ1) is 18.9. The van der Waals surface area contributed by atoms with Crippen molar-refractivity contribution in [2.24, 2.45) is 11.7 Å². The fraction of sp³-hybridized carbons (Fsp3) is 0.588. The number of halogens is 2. The summed E-state index contributed by atoms with van der Waals surface area (Å²) in [6, 6.07) is 4.86. The van der Waals surface area contributed by atoms with E-state index < -0.39 is 5.54 Å². The molecule has 3 unspecified atom stereocenters. The van der Waals surface area contributed by atoms with Crippen molar-refractivity contribution < 1.29 is 9.18 Å². The topological polar surface area (TPSA) is 55.1 Å². The summed E-state index contributed by atoms with van der Waals surface area (Å²) in [4.78, 5) is 12.5. The summed E-state index contributed by atoms with van der Waals surface area (Å²) < 4.78 is 13.6. The van der Waals surface area contributed by atoms with Gasteiger partial charge < -0.3 is 11.1 Å². The zero-order valence-corrected chi connectivity index (χ0v) is 14.3. The van der Waals surface area contributed by atoms with Crippen LogP contribution in [0.5, 0.6) is 0 Å². The van der Waals surface area contributed by atoms with Gasteiger partial charge in [-0.05, 0) is 50.8 Å². The van der Waals surface area contributed by atoms with Gasteiger partial charge in [-0.3, -0.25) is 4.79 Å². The number of benzene rings is 1. The van der Waals surface area contributed by atoms with Crippen molar-refractivity contribution >= 4 is 18.3 Å². The van der Waals surface area contributed by atoms with Gasteiger partial charge in [-0.15, -0.1) is 12.4 Å². The van der Waals surface area contributed by atoms with Gasteiger partial charge in [0.15, 0.2) is 0 Å². The second-order valence-corrected chi connectivity index (χ2v) is 6.54. The summed E-state index contributed by atoms with van der Waals surface area (Å²) in [5.74, 6) is -0.424. The molecule has 0 spiro atoms. The predicted octanol–water partition coefficient (Wildman–Crippen LogP) is 3.64. The number of carbonyl (C=O) groups excluding carboxylic acids is 1. The molecule has 0 aromatic heterocycles. The Morgan fingerprint density at radius 1 is 1.45 bits per heavy atom. The van der Waals surface area contributed by atoms with Crippen LogP contribution < -0.4 is 11.1 Å². The third-order valence-corrected chi connectivity index (χ3v) is 4.63. The minimum Gasteiger partial charge on any atom is -0.349 e. The zero-order chi connectivity index (χ0) is 15.6.